The van der Waals surface area contributed by atoms with E-state index in [1.807, 2.05) is 37.6 Å². The second-order valence-electron chi connectivity index (χ2n) is 6.05. The number of pyridine rings is 1. The van der Waals surface area contributed by atoms with Gasteiger partial charge in [-0.05, 0) is 48.2 Å². The van der Waals surface area contributed by atoms with Crippen LogP contribution in [0.2, 0.25) is 0 Å². The summed E-state index contributed by atoms with van der Waals surface area (Å²) < 4.78 is 0. The van der Waals surface area contributed by atoms with Crippen molar-refractivity contribution in [1.82, 2.24) is 15.0 Å². The van der Waals surface area contributed by atoms with Gasteiger partial charge in [0.25, 0.3) is 0 Å². The van der Waals surface area contributed by atoms with Gasteiger partial charge in [0, 0.05) is 38.7 Å². The van der Waals surface area contributed by atoms with Crippen molar-refractivity contribution in [2.24, 2.45) is 0 Å². The lowest BCUT2D eigenvalue weighted by Crippen LogP contribution is -2.23. The van der Waals surface area contributed by atoms with E-state index in [0.717, 1.165) is 31.3 Å². The first kappa shape index (κ1) is 16.9. The summed E-state index contributed by atoms with van der Waals surface area (Å²) in [5, 5.41) is 3.38. The number of likely N-dealkylation sites (N-methyl/N-ethyl adjacent to an activating group) is 1. The van der Waals surface area contributed by atoms with E-state index in [9.17, 15) is 0 Å². The molecule has 0 saturated heterocycles. The zero-order valence-corrected chi connectivity index (χ0v) is 14.7. The van der Waals surface area contributed by atoms with Gasteiger partial charge < -0.3 is 10.2 Å². The minimum Gasteiger partial charge on any atom is -0.366 e. The van der Waals surface area contributed by atoms with Crippen molar-refractivity contribution in [3.8, 4) is 0 Å². The quantitative estimate of drug-likeness (QED) is 0.717. The van der Waals surface area contributed by atoms with Gasteiger partial charge in [0.15, 0.2) is 0 Å². The van der Waals surface area contributed by atoms with E-state index >= 15 is 0 Å². The van der Waals surface area contributed by atoms with Crippen LogP contribution >= 0.6 is 0 Å². The zero-order chi connectivity index (χ0) is 17.5. The molecule has 0 radical (unpaired) electrons. The molecule has 3 rings (SSSR count). The molecule has 25 heavy (non-hydrogen) atoms. The van der Waals surface area contributed by atoms with Crippen LogP contribution in [0.25, 0.3) is 0 Å². The molecule has 1 N–H and O–H groups in total. The van der Waals surface area contributed by atoms with Crippen molar-refractivity contribution >= 4 is 11.8 Å². The predicted octanol–water partition coefficient (Wildman–Crippen LogP) is 3.47. The Morgan fingerprint density at radius 1 is 1.00 bits per heavy atom. The van der Waals surface area contributed by atoms with E-state index in [0.29, 0.717) is 0 Å². The standard InChI is InChI=1S/C20H23N5/c1-16-5-3-4-6-18(16)15-23-19-9-13-22-20(24-19)25(2)14-10-17-7-11-21-12-8-17/h3-9,11-13H,10,14-15H2,1-2H3,(H,22,23,24). The fourth-order valence-corrected chi connectivity index (χ4v) is 2.57. The van der Waals surface area contributed by atoms with Crippen molar-refractivity contribution < 1.29 is 0 Å². The summed E-state index contributed by atoms with van der Waals surface area (Å²) in [5.41, 5.74) is 3.81. The molecule has 0 aliphatic heterocycles. The highest BCUT2D eigenvalue weighted by atomic mass is 15.2. The van der Waals surface area contributed by atoms with Gasteiger partial charge in [-0.3, -0.25) is 4.98 Å². The Labute approximate surface area is 148 Å². The molecule has 5 heteroatoms. The van der Waals surface area contributed by atoms with Crippen LogP contribution in [0.4, 0.5) is 11.8 Å². The molecule has 2 heterocycles. The number of benzene rings is 1. The molecule has 0 amide bonds. The molecule has 0 bridgehead atoms. The van der Waals surface area contributed by atoms with E-state index in [1.165, 1.54) is 16.7 Å². The first-order valence-electron chi connectivity index (χ1n) is 8.44. The number of aromatic nitrogens is 3. The number of aryl methyl sites for hydroxylation is 1. The van der Waals surface area contributed by atoms with Gasteiger partial charge in [-0.2, -0.15) is 4.98 Å². The monoisotopic (exact) mass is 333 g/mol. The molecule has 0 unspecified atom stereocenters. The largest absolute Gasteiger partial charge is 0.366 e. The summed E-state index contributed by atoms with van der Waals surface area (Å²) in [6, 6.07) is 14.3. The third-order valence-corrected chi connectivity index (χ3v) is 4.19. The Bertz CT molecular complexity index is 804. The molecular formula is C20H23N5. The Morgan fingerprint density at radius 3 is 2.60 bits per heavy atom. The van der Waals surface area contributed by atoms with Crippen molar-refractivity contribution in [3.05, 3.63) is 77.7 Å². The van der Waals surface area contributed by atoms with E-state index < -0.39 is 0 Å². The summed E-state index contributed by atoms with van der Waals surface area (Å²) in [6.45, 7) is 3.73. The van der Waals surface area contributed by atoms with Gasteiger partial charge in [-0.15, -0.1) is 0 Å². The fourth-order valence-electron chi connectivity index (χ4n) is 2.57. The second kappa shape index (κ2) is 8.24. The van der Waals surface area contributed by atoms with Gasteiger partial charge in [-0.25, -0.2) is 4.98 Å². The SMILES string of the molecule is Cc1ccccc1CNc1ccnc(N(C)CCc2ccncc2)n1. The van der Waals surface area contributed by atoms with Crippen LogP contribution in [-0.4, -0.2) is 28.5 Å². The third-order valence-electron chi connectivity index (χ3n) is 4.19. The van der Waals surface area contributed by atoms with Crippen molar-refractivity contribution in [3.63, 3.8) is 0 Å². The molecule has 0 fully saturated rings. The molecular weight excluding hydrogens is 310 g/mol. The average Bonchev–Trinajstić information content (AvgIpc) is 2.66. The summed E-state index contributed by atoms with van der Waals surface area (Å²) in [6.07, 6.45) is 6.37. The predicted molar refractivity (Wildman–Crippen MR) is 102 cm³/mol. The highest BCUT2D eigenvalue weighted by molar-refractivity contribution is 5.42. The Morgan fingerprint density at radius 2 is 1.80 bits per heavy atom. The molecule has 3 aromatic rings. The van der Waals surface area contributed by atoms with Gasteiger partial charge in [0.1, 0.15) is 5.82 Å². The molecule has 0 atom stereocenters. The number of anilines is 2. The van der Waals surface area contributed by atoms with Crippen molar-refractivity contribution in [2.75, 3.05) is 23.8 Å². The number of nitrogens with zero attached hydrogens (tertiary/aromatic N) is 4. The molecule has 5 nitrogen and oxygen atoms in total. The average molecular weight is 333 g/mol. The smallest absolute Gasteiger partial charge is 0.226 e. The van der Waals surface area contributed by atoms with E-state index in [-0.39, 0.29) is 0 Å². The van der Waals surface area contributed by atoms with E-state index in [2.05, 4.69) is 56.4 Å². The maximum absolute atomic E-state index is 4.62. The highest BCUT2D eigenvalue weighted by Gasteiger charge is 2.06. The molecule has 2 aromatic heterocycles. The van der Waals surface area contributed by atoms with Crippen molar-refractivity contribution in [1.29, 1.82) is 0 Å². The number of hydrogen-bond donors (Lipinski definition) is 1. The van der Waals surface area contributed by atoms with Crippen molar-refractivity contribution in [2.45, 2.75) is 19.9 Å². The van der Waals surface area contributed by atoms with Gasteiger partial charge in [-0.1, -0.05) is 24.3 Å². The number of hydrogen-bond acceptors (Lipinski definition) is 5. The summed E-state index contributed by atoms with van der Waals surface area (Å²) in [5.74, 6) is 1.56. The minimum atomic E-state index is 0.726. The Kier molecular flexibility index (Phi) is 5.57. The minimum absolute atomic E-state index is 0.726. The number of rotatable bonds is 7. The van der Waals surface area contributed by atoms with Crippen LogP contribution in [0, 0.1) is 6.92 Å². The summed E-state index contributed by atoms with van der Waals surface area (Å²) in [7, 11) is 2.02. The Hall–Kier alpha value is -2.95. The van der Waals surface area contributed by atoms with Crippen LogP contribution in [0.15, 0.2) is 61.1 Å². The molecule has 1 aromatic carbocycles. The van der Waals surface area contributed by atoms with Gasteiger partial charge in [0.05, 0.1) is 0 Å². The van der Waals surface area contributed by atoms with Crippen LogP contribution in [-0.2, 0) is 13.0 Å². The maximum atomic E-state index is 4.62. The molecule has 128 valence electrons. The van der Waals surface area contributed by atoms with Crippen LogP contribution in [0.1, 0.15) is 16.7 Å². The number of nitrogens with one attached hydrogen (secondary N) is 1. The first-order valence-corrected chi connectivity index (χ1v) is 8.44. The summed E-state index contributed by atoms with van der Waals surface area (Å²) >= 11 is 0. The van der Waals surface area contributed by atoms with Crippen LogP contribution in [0.3, 0.4) is 0 Å². The molecule has 0 aliphatic carbocycles. The van der Waals surface area contributed by atoms with E-state index in [4.69, 9.17) is 0 Å². The second-order valence-corrected chi connectivity index (χ2v) is 6.05. The molecule has 0 aliphatic rings. The van der Waals surface area contributed by atoms with Gasteiger partial charge in [0.2, 0.25) is 5.95 Å². The van der Waals surface area contributed by atoms with Gasteiger partial charge >= 0.3 is 0 Å². The Balaban J connectivity index is 1.59. The lowest BCUT2D eigenvalue weighted by molar-refractivity contribution is 0.836. The van der Waals surface area contributed by atoms with E-state index in [1.54, 1.807) is 6.20 Å². The lowest BCUT2D eigenvalue weighted by atomic mass is 10.1. The third kappa shape index (κ3) is 4.76. The fraction of sp³-hybridized carbons (Fsp3) is 0.250. The topological polar surface area (TPSA) is 53.9 Å². The lowest BCUT2D eigenvalue weighted by Gasteiger charge is -2.17. The normalized spacial score (nSPS) is 10.5. The van der Waals surface area contributed by atoms with Crippen LogP contribution < -0.4 is 10.2 Å². The van der Waals surface area contributed by atoms with Crippen LogP contribution in [0.5, 0.6) is 0 Å². The highest BCUT2D eigenvalue weighted by Crippen LogP contribution is 2.13. The maximum Gasteiger partial charge on any atom is 0.226 e. The first-order chi connectivity index (χ1) is 12.2. The molecule has 0 saturated carbocycles. The zero-order valence-electron chi connectivity index (χ0n) is 14.7. The molecule has 0 spiro atoms. The summed E-state index contributed by atoms with van der Waals surface area (Å²) in [4.78, 5) is 15.1.